The second-order valence-electron chi connectivity index (χ2n) is 6.30. The number of thiazole rings is 1. The Morgan fingerprint density at radius 1 is 1.00 bits per heavy atom. The molecule has 1 heterocycles. The summed E-state index contributed by atoms with van der Waals surface area (Å²) in [5.41, 5.74) is 2.51. The zero-order valence-electron chi connectivity index (χ0n) is 13.5. The smallest absolute Gasteiger partial charge is 0.162 e. The lowest BCUT2D eigenvalue weighted by molar-refractivity contribution is 0.270. The summed E-state index contributed by atoms with van der Waals surface area (Å²) in [5, 5.41) is 0. The molecule has 0 fully saturated rings. The molecular formula is C18H20N2S3. The van der Waals surface area contributed by atoms with Crippen molar-refractivity contribution in [2.75, 3.05) is 0 Å². The number of nitrogens with zero attached hydrogens (tertiary/aromatic N) is 2. The molecule has 0 saturated carbocycles. The van der Waals surface area contributed by atoms with Gasteiger partial charge in [0.15, 0.2) is 4.34 Å². The van der Waals surface area contributed by atoms with Crippen LogP contribution in [0.15, 0.2) is 58.9 Å². The molecule has 0 radical (unpaired) electrons. The quantitative estimate of drug-likeness (QED) is 0.394. The van der Waals surface area contributed by atoms with Crippen molar-refractivity contribution in [2.24, 2.45) is 0 Å². The van der Waals surface area contributed by atoms with Crippen molar-refractivity contribution in [1.29, 1.82) is 0 Å². The summed E-state index contributed by atoms with van der Waals surface area (Å²) in [6.45, 7) is 7.68. The van der Waals surface area contributed by atoms with Crippen LogP contribution < -0.4 is 0 Å². The third-order valence-electron chi connectivity index (χ3n) is 3.39. The maximum Gasteiger partial charge on any atom is 0.162 e. The second kappa shape index (κ2) is 7.26. The fourth-order valence-corrected chi connectivity index (χ4v) is 5.89. The molecule has 5 heteroatoms. The average molecular weight is 361 g/mol. The Morgan fingerprint density at radius 3 is 2.39 bits per heavy atom. The molecule has 0 aliphatic carbocycles. The van der Waals surface area contributed by atoms with Gasteiger partial charge in [0.2, 0.25) is 0 Å². The maximum absolute atomic E-state index is 4.71. The molecule has 0 aliphatic rings. The number of rotatable bonds is 5. The molecule has 0 atom stereocenters. The highest BCUT2D eigenvalue weighted by Crippen LogP contribution is 2.41. The van der Waals surface area contributed by atoms with Gasteiger partial charge in [-0.1, -0.05) is 42.5 Å². The summed E-state index contributed by atoms with van der Waals surface area (Å²) in [5.74, 6) is 0. The molecule has 0 N–H and O–H groups in total. The Morgan fingerprint density at radius 2 is 1.70 bits per heavy atom. The van der Waals surface area contributed by atoms with Crippen molar-refractivity contribution in [3.8, 4) is 0 Å². The van der Waals surface area contributed by atoms with E-state index in [4.69, 9.17) is 4.98 Å². The lowest BCUT2D eigenvalue weighted by Crippen LogP contribution is -2.34. The fourth-order valence-electron chi connectivity index (χ4n) is 2.09. The van der Waals surface area contributed by atoms with Crippen molar-refractivity contribution in [1.82, 2.24) is 9.29 Å². The Labute approximate surface area is 149 Å². The molecule has 0 bridgehead atoms. The summed E-state index contributed by atoms with van der Waals surface area (Å²) in [7, 11) is 3.54. The fraction of sp³-hybridized carbons (Fsp3) is 0.278. The van der Waals surface area contributed by atoms with Crippen LogP contribution in [0.5, 0.6) is 0 Å². The van der Waals surface area contributed by atoms with Gasteiger partial charge in [-0.05, 0) is 60.2 Å². The molecule has 120 valence electrons. The average Bonchev–Trinajstić information content (AvgIpc) is 2.94. The van der Waals surface area contributed by atoms with E-state index in [0.29, 0.717) is 0 Å². The molecular weight excluding hydrogens is 340 g/mol. The lowest BCUT2D eigenvalue weighted by atomic mass is 10.1. The van der Waals surface area contributed by atoms with Crippen molar-refractivity contribution < 1.29 is 0 Å². The van der Waals surface area contributed by atoms with Crippen molar-refractivity contribution >= 4 is 43.3 Å². The van der Waals surface area contributed by atoms with Gasteiger partial charge in [-0.15, -0.1) is 11.3 Å². The van der Waals surface area contributed by atoms with Crippen LogP contribution in [0.25, 0.3) is 10.2 Å². The largest absolute Gasteiger partial charge is 0.231 e. The van der Waals surface area contributed by atoms with Crippen LogP contribution in [0, 0.1) is 0 Å². The van der Waals surface area contributed by atoms with Gasteiger partial charge in [0, 0.05) is 12.1 Å². The topological polar surface area (TPSA) is 16.1 Å². The third-order valence-corrected chi connectivity index (χ3v) is 7.44. The monoisotopic (exact) mass is 360 g/mol. The molecule has 0 amide bonds. The number of fused-ring (bicyclic) bond motifs is 1. The molecule has 0 spiro atoms. The van der Waals surface area contributed by atoms with E-state index in [0.717, 1.165) is 16.4 Å². The van der Waals surface area contributed by atoms with Crippen LogP contribution in [-0.2, 0) is 6.54 Å². The number of benzene rings is 2. The highest BCUT2D eigenvalue weighted by molar-refractivity contribution is 8.76. The van der Waals surface area contributed by atoms with E-state index in [1.807, 2.05) is 6.07 Å². The summed E-state index contributed by atoms with van der Waals surface area (Å²) in [4.78, 5) is 4.71. The first-order chi connectivity index (χ1) is 11.0. The summed E-state index contributed by atoms with van der Waals surface area (Å²) >= 11 is 1.76. The highest BCUT2D eigenvalue weighted by Gasteiger charge is 2.23. The van der Waals surface area contributed by atoms with Crippen molar-refractivity contribution in [3.05, 3.63) is 60.2 Å². The number of hydrogen-bond acceptors (Lipinski definition) is 5. The van der Waals surface area contributed by atoms with Gasteiger partial charge in [-0.25, -0.2) is 9.29 Å². The Kier molecular flexibility index (Phi) is 5.31. The normalized spacial score (nSPS) is 12.2. The summed E-state index contributed by atoms with van der Waals surface area (Å²) < 4.78 is 4.78. The van der Waals surface area contributed by atoms with Crippen LogP contribution in [-0.4, -0.2) is 14.8 Å². The van der Waals surface area contributed by atoms with Crippen molar-refractivity contribution in [2.45, 2.75) is 37.2 Å². The Hall–Kier alpha value is -1.01. The molecule has 0 aliphatic heterocycles. The minimum atomic E-state index is 0.0875. The zero-order valence-corrected chi connectivity index (χ0v) is 16.0. The van der Waals surface area contributed by atoms with Crippen molar-refractivity contribution in [3.63, 3.8) is 0 Å². The third kappa shape index (κ3) is 4.51. The molecule has 23 heavy (non-hydrogen) atoms. The van der Waals surface area contributed by atoms with Crippen LogP contribution >= 0.6 is 33.1 Å². The van der Waals surface area contributed by atoms with Crippen LogP contribution in [0.4, 0.5) is 0 Å². The van der Waals surface area contributed by atoms with Crippen LogP contribution in [0.2, 0.25) is 0 Å². The number of hydrogen-bond donors (Lipinski definition) is 0. The van der Waals surface area contributed by atoms with Crippen LogP contribution in [0.3, 0.4) is 0 Å². The first-order valence-corrected chi connectivity index (χ1v) is 10.5. The van der Waals surface area contributed by atoms with E-state index in [2.05, 4.69) is 73.6 Å². The van der Waals surface area contributed by atoms with E-state index in [1.165, 1.54) is 10.3 Å². The standard InChI is InChI=1S/C18H20N2S3/c1-18(2,3)20(13-14-9-5-4-6-10-14)23-22-17-19-15-11-7-8-12-16(15)21-17/h4-12H,13H2,1-3H3. The highest BCUT2D eigenvalue weighted by atomic mass is 33.1. The predicted molar refractivity (Wildman–Crippen MR) is 105 cm³/mol. The van der Waals surface area contributed by atoms with E-state index >= 15 is 0 Å². The van der Waals surface area contributed by atoms with E-state index in [1.54, 1.807) is 33.1 Å². The molecule has 2 aromatic carbocycles. The minimum absolute atomic E-state index is 0.0875. The molecule has 3 rings (SSSR count). The zero-order chi connectivity index (χ0) is 16.3. The van der Waals surface area contributed by atoms with Gasteiger partial charge in [0.05, 0.1) is 10.2 Å². The van der Waals surface area contributed by atoms with Gasteiger partial charge in [-0.3, -0.25) is 0 Å². The molecule has 1 aromatic heterocycles. The lowest BCUT2D eigenvalue weighted by Gasteiger charge is -2.33. The summed E-state index contributed by atoms with van der Waals surface area (Å²) in [6.07, 6.45) is 0. The van der Waals surface area contributed by atoms with E-state index in [-0.39, 0.29) is 5.54 Å². The van der Waals surface area contributed by atoms with Crippen LogP contribution in [0.1, 0.15) is 26.3 Å². The first-order valence-electron chi connectivity index (χ1n) is 7.54. The molecule has 0 saturated heterocycles. The van der Waals surface area contributed by atoms with Gasteiger partial charge >= 0.3 is 0 Å². The number of para-hydroxylation sites is 1. The SMILES string of the molecule is CC(C)(C)N(Cc1ccccc1)SSc1nc2ccccc2s1. The summed E-state index contributed by atoms with van der Waals surface area (Å²) in [6, 6.07) is 18.9. The first kappa shape index (κ1) is 16.8. The number of aromatic nitrogens is 1. The maximum atomic E-state index is 4.71. The molecule has 0 unspecified atom stereocenters. The van der Waals surface area contributed by atoms with Gasteiger partial charge in [-0.2, -0.15) is 0 Å². The van der Waals surface area contributed by atoms with Gasteiger partial charge in [0.25, 0.3) is 0 Å². The Bertz CT molecular complexity index is 730. The van der Waals surface area contributed by atoms with E-state index in [9.17, 15) is 0 Å². The predicted octanol–water partition coefficient (Wildman–Crippen LogP) is 6.25. The van der Waals surface area contributed by atoms with E-state index < -0.39 is 0 Å². The Balaban J connectivity index is 1.71. The van der Waals surface area contributed by atoms with Gasteiger partial charge < -0.3 is 0 Å². The second-order valence-corrected chi connectivity index (χ2v) is 9.68. The van der Waals surface area contributed by atoms with Gasteiger partial charge in [0.1, 0.15) is 0 Å². The molecule has 2 nitrogen and oxygen atoms in total. The minimum Gasteiger partial charge on any atom is -0.231 e. The molecule has 3 aromatic rings.